The van der Waals surface area contributed by atoms with Gasteiger partial charge < -0.3 is 16.2 Å². The van der Waals surface area contributed by atoms with Crippen molar-refractivity contribution < 1.29 is 14.7 Å². The Balaban J connectivity index is 2.03. The smallest absolute Gasteiger partial charge is 0.262 e. The van der Waals surface area contributed by atoms with Crippen molar-refractivity contribution in [2.24, 2.45) is 0 Å². The number of amides is 2. The largest absolute Gasteiger partial charge is 0.506 e. The molecule has 5 N–H and O–H groups in total. The maximum atomic E-state index is 12.5. The molecule has 0 saturated carbocycles. The Hall–Kier alpha value is -3.29. The second-order valence-corrected chi connectivity index (χ2v) is 5.76. The fourth-order valence-electron chi connectivity index (χ4n) is 3.29. The average molecular weight is 326 g/mol. The lowest BCUT2D eigenvalue weighted by atomic mass is 10.00. The van der Waals surface area contributed by atoms with Gasteiger partial charge in [-0.2, -0.15) is 0 Å². The van der Waals surface area contributed by atoms with Crippen LogP contribution in [0.2, 0.25) is 0 Å². The number of imide groups is 1. The molecular weight excluding hydrogens is 312 g/mol. The number of nitrogens with two attached hydrogens (primary N) is 1. The summed E-state index contributed by atoms with van der Waals surface area (Å²) in [5.41, 5.74) is 7.35. The van der Waals surface area contributed by atoms with Gasteiger partial charge in [-0.15, -0.1) is 0 Å². The van der Waals surface area contributed by atoms with E-state index in [1.54, 1.807) is 6.07 Å². The summed E-state index contributed by atoms with van der Waals surface area (Å²) in [4.78, 5) is 36.2. The monoisotopic (exact) mass is 326 g/mol. The number of nitrogen functional groups attached to an aromatic ring is 1. The molecule has 3 heterocycles. The van der Waals surface area contributed by atoms with E-state index in [2.05, 4.69) is 10.6 Å². The van der Waals surface area contributed by atoms with Crippen LogP contribution in [0, 0.1) is 0 Å². The number of rotatable bonds is 1. The number of phenolic OH excluding ortho intramolecular Hbond substituents is 1. The molecule has 0 fully saturated rings. The SMILES string of the molecule is Nc1c2c(cc(=O)n1-c1ccc(O)c3c1CCCN3)C(=O)NC2=O. The summed E-state index contributed by atoms with van der Waals surface area (Å²) in [6.07, 6.45) is 1.49. The molecule has 2 aromatic rings. The van der Waals surface area contributed by atoms with E-state index in [0.29, 0.717) is 17.8 Å². The number of benzene rings is 1. The van der Waals surface area contributed by atoms with E-state index in [-0.39, 0.29) is 22.7 Å². The van der Waals surface area contributed by atoms with Crippen LogP contribution in [0.1, 0.15) is 32.7 Å². The van der Waals surface area contributed by atoms with E-state index >= 15 is 0 Å². The van der Waals surface area contributed by atoms with E-state index in [4.69, 9.17) is 5.73 Å². The summed E-state index contributed by atoms with van der Waals surface area (Å²) in [7, 11) is 0. The summed E-state index contributed by atoms with van der Waals surface area (Å²) >= 11 is 0. The van der Waals surface area contributed by atoms with Crippen molar-refractivity contribution in [3.05, 3.63) is 45.2 Å². The number of pyridine rings is 1. The van der Waals surface area contributed by atoms with Gasteiger partial charge in [0.15, 0.2) is 0 Å². The highest BCUT2D eigenvalue weighted by Crippen LogP contribution is 2.36. The average Bonchev–Trinajstić information content (AvgIpc) is 2.84. The predicted octanol–water partition coefficient (Wildman–Crippen LogP) is 0.367. The zero-order chi connectivity index (χ0) is 17.0. The molecule has 2 aliphatic rings. The van der Waals surface area contributed by atoms with Crippen molar-refractivity contribution in [3.8, 4) is 11.4 Å². The number of hydrogen-bond donors (Lipinski definition) is 4. The second kappa shape index (κ2) is 4.85. The lowest BCUT2D eigenvalue weighted by Gasteiger charge is -2.23. The highest BCUT2D eigenvalue weighted by atomic mass is 16.3. The zero-order valence-corrected chi connectivity index (χ0v) is 12.5. The van der Waals surface area contributed by atoms with Crippen LogP contribution >= 0.6 is 0 Å². The van der Waals surface area contributed by atoms with Gasteiger partial charge in [-0.25, -0.2) is 0 Å². The number of nitrogens with one attached hydrogen (secondary N) is 2. The minimum absolute atomic E-state index is 0.00481. The summed E-state index contributed by atoms with van der Waals surface area (Å²) < 4.78 is 1.21. The number of carbonyl (C=O) groups is 2. The van der Waals surface area contributed by atoms with E-state index in [9.17, 15) is 19.5 Å². The van der Waals surface area contributed by atoms with Gasteiger partial charge in [0.05, 0.1) is 22.5 Å². The molecule has 2 aliphatic heterocycles. The van der Waals surface area contributed by atoms with Gasteiger partial charge in [0.25, 0.3) is 17.4 Å². The summed E-state index contributed by atoms with van der Waals surface area (Å²) in [6.45, 7) is 0.718. The first-order chi connectivity index (χ1) is 11.5. The maximum Gasteiger partial charge on any atom is 0.262 e. The predicted molar refractivity (Wildman–Crippen MR) is 86.7 cm³/mol. The summed E-state index contributed by atoms with van der Waals surface area (Å²) in [6, 6.07) is 4.16. The van der Waals surface area contributed by atoms with Crippen LogP contribution in [-0.4, -0.2) is 28.0 Å². The van der Waals surface area contributed by atoms with Crippen molar-refractivity contribution in [2.45, 2.75) is 12.8 Å². The van der Waals surface area contributed by atoms with E-state index in [1.807, 2.05) is 0 Å². The number of carbonyl (C=O) groups excluding carboxylic acids is 2. The maximum absolute atomic E-state index is 12.5. The van der Waals surface area contributed by atoms with Gasteiger partial charge >= 0.3 is 0 Å². The van der Waals surface area contributed by atoms with Crippen LogP contribution in [0.3, 0.4) is 0 Å². The van der Waals surface area contributed by atoms with Gasteiger partial charge in [0, 0.05) is 18.2 Å². The Bertz CT molecular complexity index is 977. The number of nitrogens with zero attached hydrogens (tertiary/aromatic N) is 1. The fraction of sp³-hybridized carbons (Fsp3) is 0.188. The first-order valence-electron chi connectivity index (χ1n) is 7.49. The van der Waals surface area contributed by atoms with Crippen LogP contribution in [0.5, 0.6) is 5.75 Å². The van der Waals surface area contributed by atoms with Crippen LogP contribution in [0.25, 0.3) is 5.69 Å². The van der Waals surface area contributed by atoms with Crippen molar-refractivity contribution in [2.75, 3.05) is 17.6 Å². The fourth-order valence-corrected chi connectivity index (χ4v) is 3.29. The lowest BCUT2D eigenvalue weighted by molar-refractivity contribution is 0.0880. The molecular formula is C16H14N4O4. The molecule has 1 aromatic heterocycles. The molecule has 8 heteroatoms. The van der Waals surface area contributed by atoms with Crippen LogP contribution < -0.4 is 21.9 Å². The first-order valence-corrected chi connectivity index (χ1v) is 7.49. The molecule has 2 amide bonds. The molecule has 0 aliphatic carbocycles. The van der Waals surface area contributed by atoms with Gasteiger partial charge in [-0.1, -0.05) is 0 Å². The minimum atomic E-state index is -0.625. The van der Waals surface area contributed by atoms with E-state index in [1.165, 1.54) is 10.6 Å². The molecule has 4 rings (SSSR count). The minimum Gasteiger partial charge on any atom is -0.506 e. The van der Waals surface area contributed by atoms with Gasteiger partial charge in [0.1, 0.15) is 11.6 Å². The molecule has 122 valence electrons. The highest BCUT2D eigenvalue weighted by Gasteiger charge is 2.32. The molecule has 0 atom stereocenters. The summed E-state index contributed by atoms with van der Waals surface area (Å²) in [5.74, 6) is -1.24. The van der Waals surface area contributed by atoms with Crippen molar-refractivity contribution >= 4 is 23.3 Å². The number of fused-ring (bicyclic) bond motifs is 2. The Kier molecular flexibility index (Phi) is 2.89. The normalized spacial score (nSPS) is 15.5. The summed E-state index contributed by atoms with van der Waals surface area (Å²) in [5, 5.41) is 15.3. The van der Waals surface area contributed by atoms with Crippen LogP contribution in [0.4, 0.5) is 11.5 Å². The van der Waals surface area contributed by atoms with E-state index < -0.39 is 17.4 Å². The highest BCUT2D eigenvalue weighted by molar-refractivity contribution is 6.23. The Morgan fingerprint density at radius 2 is 1.96 bits per heavy atom. The number of aromatic nitrogens is 1. The molecule has 0 saturated heterocycles. The third-order valence-electron chi connectivity index (χ3n) is 4.37. The Morgan fingerprint density at radius 3 is 2.75 bits per heavy atom. The van der Waals surface area contributed by atoms with Gasteiger partial charge in [0.2, 0.25) is 0 Å². The molecule has 24 heavy (non-hydrogen) atoms. The number of phenols is 1. The molecule has 0 bridgehead atoms. The second-order valence-electron chi connectivity index (χ2n) is 5.76. The number of hydrogen-bond acceptors (Lipinski definition) is 6. The molecule has 0 unspecified atom stereocenters. The van der Waals surface area contributed by atoms with Gasteiger partial charge in [-0.05, 0) is 25.0 Å². The Labute approximate surface area is 135 Å². The molecule has 1 aromatic carbocycles. The quantitative estimate of drug-likeness (QED) is 0.443. The number of aromatic hydroxyl groups is 1. The lowest BCUT2D eigenvalue weighted by Crippen LogP contribution is -2.26. The molecule has 0 spiro atoms. The molecule has 8 nitrogen and oxygen atoms in total. The van der Waals surface area contributed by atoms with Crippen LogP contribution in [0.15, 0.2) is 23.0 Å². The topological polar surface area (TPSA) is 126 Å². The molecule has 0 radical (unpaired) electrons. The van der Waals surface area contributed by atoms with Crippen molar-refractivity contribution in [3.63, 3.8) is 0 Å². The zero-order valence-electron chi connectivity index (χ0n) is 12.5. The Morgan fingerprint density at radius 1 is 1.17 bits per heavy atom. The van der Waals surface area contributed by atoms with E-state index in [0.717, 1.165) is 24.6 Å². The first kappa shape index (κ1) is 14.3. The van der Waals surface area contributed by atoms with Crippen molar-refractivity contribution in [1.29, 1.82) is 0 Å². The number of anilines is 2. The third-order valence-corrected chi connectivity index (χ3v) is 4.37. The standard InChI is InChI=1S/C16H14N4O4/c17-14-12-8(15(23)19-16(12)24)6-11(22)20(14)9-3-4-10(21)13-7(9)2-1-5-18-13/h3-4,6,18,21H,1-2,5,17H2,(H,19,23,24). The third kappa shape index (κ3) is 1.82. The van der Waals surface area contributed by atoms with Crippen LogP contribution in [-0.2, 0) is 6.42 Å². The van der Waals surface area contributed by atoms with Crippen molar-refractivity contribution in [1.82, 2.24) is 9.88 Å². The van der Waals surface area contributed by atoms with Gasteiger partial charge in [-0.3, -0.25) is 24.3 Å².